The molecule has 0 bridgehead atoms. The smallest absolute Gasteiger partial charge is 0.0907 e. The highest BCUT2D eigenvalue weighted by Gasteiger charge is 2.16. The number of anilines is 2. The van der Waals surface area contributed by atoms with Gasteiger partial charge in [0.1, 0.15) is 0 Å². The number of nitrogens with zero attached hydrogens (tertiary/aromatic N) is 2. The highest BCUT2D eigenvalue weighted by atomic mass is 32.1. The predicted molar refractivity (Wildman–Crippen MR) is 83.1 cm³/mol. The number of benzene rings is 1. The average Bonchev–Trinajstić information content (AvgIpc) is 2.70. The standard InChI is InChI=1S/C14H21N3OS/c1-5-17(9(2)8-18-4)13-7-12-14(6-11(13)15)19-10(3)16-12/h6-7,9H,5,8,15H2,1-4H3. The molecular formula is C14H21N3OS. The number of hydrogen-bond donors (Lipinski definition) is 1. The van der Waals surface area contributed by atoms with E-state index in [2.05, 4.69) is 29.8 Å². The fourth-order valence-electron chi connectivity index (χ4n) is 2.39. The van der Waals surface area contributed by atoms with Crippen LogP contribution in [0.3, 0.4) is 0 Å². The number of nitrogen functional groups attached to an aromatic ring is 1. The van der Waals surface area contributed by atoms with Gasteiger partial charge in [-0.2, -0.15) is 0 Å². The largest absolute Gasteiger partial charge is 0.397 e. The van der Waals surface area contributed by atoms with Crippen LogP contribution in [-0.2, 0) is 4.74 Å². The quantitative estimate of drug-likeness (QED) is 0.855. The van der Waals surface area contributed by atoms with E-state index < -0.39 is 0 Å². The maximum Gasteiger partial charge on any atom is 0.0907 e. The normalized spacial score (nSPS) is 12.8. The number of fused-ring (bicyclic) bond motifs is 1. The number of aromatic nitrogens is 1. The molecule has 4 nitrogen and oxygen atoms in total. The van der Waals surface area contributed by atoms with Crippen LogP contribution in [0.1, 0.15) is 18.9 Å². The Kier molecular flexibility index (Phi) is 4.27. The van der Waals surface area contributed by atoms with Gasteiger partial charge in [-0.05, 0) is 32.9 Å². The summed E-state index contributed by atoms with van der Waals surface area (Å²) in [6.45, 7) is 7.86. The lowest BCUT2D eigenvalue weighted by molar-refractivity contribution is 0.182. The topological polar surface area (TPSA) is 51.4 Å². The molecule has 1 atom stereocenters. The molecule has 1 aromatic carbocycles. The van der Waals surface area contributed by atoms with E-state index in [9.17, 15) is 0 Å². The number of ether oxygens (including phenoxy) is 1. The molecular weight excluding hydrogens is 258 g/mol. The van der Waals surface area contributed by atoms with Gasteiger partial charge in [0.05, 0.1) is 33.2 Å². The van der Waals surface area contributed by atoms with E-state index in [4.69, 9.17) is 10.5 Å². The Morgan fingerprint density at radius 3 is 2.84 bits per heavy atom. The summed E-state index contributed by atoms with van der Waals surface area (Å²) in [7, 11) is 1.72. The van der Waals surface area contributed by atoms with Crippen molar-refractivity contribution < 1.29 is 4.74 Å². The summed E-state index contributed by atoms with van der Waals surface area (Å²) in [6, 6.07) is 4.40. The van der Waals surface area contributed by atoms with Crippen LogP contribution in [-0.4, -0.2) is 31.3 Å². The summed E-state index contributed by atoms with van der Waals surface area (Å²) in [5.74, 6) is 0. The third-order valence-corrected chi connectivity index (χ3v) is 4.17. The van der Waals surface area contributed by atoms with Crippen LogP contribution < -0.4 is 10.6 Å². The van der Waals surface area contributed by atoms with Gasteiger partial charge in [0.15, 0.2) is 0 Å². The molecule has 0 fully saturated rings. The lowest BCUT2D eigenvalue weighted by atomic mass is 10.2. The Morgan fingerprint density at radius 2 is 2.21 bits per heavy atom. The molecule has 1 aromatic heterocycles. The summed E-state index contributed by atoms with van der Waals surface area (Å²) < 4.78 is 6.39. The number of nitrogens with two attached hydrogens (primary N) is 1. The van der Waals surface area contributed by atoms with Gasteiger partial charge in [0.2, 0.25) is 0 Å². The van der Waals surface area contributed by atoms with Gasteiger partial charge in [-0.1, -0.05) is 0 Å². The molecule has 0 aliphatic carbocycles. The number of aryl methyl sites for hydroxylation is 1. The third kappa shape index (κ3) is 2.82. The SMILES string of the molecule is CCN(c1cc2nc(C)sc2cc1N)C(C)COC. The van der Waals surface area contributed by atoms with Crippen molar-refractivity contribution in [3.05, 3.63) is 17.1 Å². The second kappa shape index (κ2) is 5.75. The molecule has 0 saturated carbocycles. The summed E-state index contributed by atoms with van der Waals surface area (Å²) >= 11 is 1.68. The highest BCUT2D eigenvalue weighted by molar-refractivity contribution is 7.18. The van der Waals surface area contributed by atoms with E-state index in [-0.39, 0.29) is 6.04 Å². The van der Waals surface area contributed by atoms with E-state index in [1.807, 2.05) is 13.0 Å². The van der Waals surface area contributed by atoms with Gasteiger partial charge in [0, 0.05) is 19.7 Å². The molecule has 1 heterocycles. The van der Waals surface area contributed by atoms with Crippen molar-refractivity contribution in [1.29, 1.82) is 0 Å². The van der Waals surface area contributed by atoms with Gasteiger partial charge in [0.25, 0.3) is 0 Å². The van der Waals surface area contributed by atoms with E-state index >= 15 is 0 Å². The maximum absolute atomic E-state index is 6.20. The number of likely N-dealkylation sites (N-methyl/N-ethyl adjacent to an activating group) is 1. The van der Waals surface area contributed by atoms with Crippen LogP contribution >= 0.6 is 11.3 Å². The van der Waals surface area contributed by atoms with Crippen molar-refractivity contribution in [2.45, 2.75) is 26.8 Å². The number of rotatable bonds is 5. The summed E-state index contributed by atoms with van der Waals surface area (Å²) in [5.41, 5.74) is 9.08. The third-order valence-electron chi connectivity index (χ3n) is 3.23. The second-order valence-electron chi connectivity index (χ2n) is 4.70. The van der Waals surface area contributed by atoms with Crippen LogP contribution in [0.4, 0.5) is 11.4 Å². The fraction of sp³-hybridized carbons (Fsp3) is 0.500. The van der Waals surface area contributed by atoms with Crippen molar-refractivity contribution >= 4 is 32.9 Å². The zero-order valence-corrected chi connectivity index (χ0v) is 12.8. The first-order valence-corrected chi connectivity index (χ1v) is 7.30. The molecule has 0 amide bonds. The number of hydrogen-bond acceptors (Lipinski definition) is 5. The summed E-state index contributed by atoms with van der Waals surface area (Å²) in [5, 5.41) is 1.07. The van der Waals surface area contributed by atoms with Gasteiger partial charge in [-0.15, -0.1) is 11.3 Å². The Hall–Kier alpha value is -1.33. The molecule has 2 aromatic rings. The molecule has 104 valence electrons. The van der Waals surface area contributed by atoms with E-state index in [1.54, 1.807) is 18.4 Å². The number of methoxy groups -OCH3 is 1. The molecule has 1 unspecified atom stereocenters. The Balaban J connectivity index is 2.44. The predicted octanol–water partition coefficient (Wildman–Crippen LogP) is 3.05. The van der Waals surface area contributed by atoms with Gasteiger partial charge in [-0.3, -0.25) is 0 Å². The van der Waals surface area contributed by atoms with Crippen LogP contribution in [0.15, 0.2) is 12.1 Å². The van der Waals surface area contributed by atoms with Crippen molar-refractivity contribution in [3.63, 3.8) is 0 Å². The van der Waals surface area contributed by atoms with E-state index in [0.717, 1.165) is 33.1 Å². The van der Waals surface area contributed by atoms with Crippen LogP contribution in [0.5, 0.6) is 0 Å². The van der Waals surface area contributed by atoms with Crippen molar-refractivity contribution in [2.75, 3.05) is 30.9 Å². The van der Waals surface area contributed by atoms with E-state index in [0.29, 0.717) is 6.61 Å². The number of thiazole rings is 1. The zero-order chi connectivity index (χ0) is 14.0. The molecule has 19 heavy (non-hydrogen) atoms. The van der Waals surface area contributed by atoms with Crippen molar-refractivity contribution in [3.8, 4) is 0 Å². The minimum absolute atomic E-state index is 0.287. The van der Waals surface area contributed by atoms with Crippen molar-refractivity contribution in [1.82, 2.24) is 4.98 Å². The molecule has 5 heteroatoms. The zero-order valence-electron chi connectivity index (χ0n) is 11.9. The summed E-state index contributed by atoms with van der Waals surface area (Å²) in [4.78, 5) is 6.80. The average molecular weight is 279 g/mol. The molecule has 0 radical (unpaired) electrons. The van der Waals surface area contributed by atoms with Gasteiger partial charge >= 0.3 is 0 Å². The van der Waals surface area contributed by atoms with E-state index in [1.165, 1.54) is 0 Å². The van der Waals surface area contributed by atoms with Gasteiger partial charge in [-0.25, -0.2) is 4.98 Å². The monoisotopic (exact) mass is 279 g/mol. The summed E-state index contributed by atoms with van der Waals surface area (Å²) in [6.07, 6.45) is 0. The molecule has 0 aliphatic rings. The minimum Gasteiger partial charge on any atom is -0.397 e. The Labute approximate surface area is 118 Å². The lowest BCUT2D eigenvalue weighted by Crippen LogP contribution is -2.36. The first-order chi connectivity index (χ1) is 9.06. The Bertz CT molecular complexity index is 567. The Morgan fingerprint density at radius 1 is 1.47 bits per heavy atom. The van der Waals surface area contributed by atoms with Crippen LogP contribution in [0, 0.1) is 6.92 Å². The van der Waals surface area contributed by atoms with Crippen LogP contribution in [0.25, 0.3) is 10.2 Å². The lowest BCUT2D eigenvalue weighted by Gasteiger charge is -2.30. The highest BCUT2D eigenvalue weighted by Crippen LogP contribution is 2.32. The van der Waals surface area contributed by atoms with Crippen LogP contribution in [0.2, 0.25) is 0 Å². The molecule has 0 saturated heterocycles. The van der Waals surface area contributed by atoms with Gasteiger partial charge < -0.3 is 15.4 Å². The first-order valence-electron chi connectivity index (χ1n) is 6.49. The first kappa shape index (κ1) is 14.1. The maximum atomic E-state index is 6.20. The second-order valence-corrected chi connectivity index (χ2v) is 5.94. The molecule has 0 aliphatic heterocycles. The minimum atomic E-state index is 0.287. The molecule has 0 spiro atoms. The molecule has 2 rings (SSSR count). The van der Waals surface area contributed by atoms with Crippen molar-refractivity contribution in [2.24, 2.45) is 0 Å². The fourth-order valence-corrected chi connectivity index (χ4v) is 3.25. The molecule has 2 N–H and O–H groups in total.